The second-order valence-corrected chi connectivity index (χ2v) is 6.81. The molecule has 0 bridgehead atoms. The van der Waals surface area contributed by atoms with Crippen LogP contribution in [0.15, 0.2) is 17.5 Å². The van der Waals surface area contributed by atoms with Crippen molar-refractivity contribution in [2.45, 2.75) is 45.2 Å². The van der Waals surface area contributed by atoms with Gasteiger partial charge in [-0.3, -0.25) is 0 Å². The van der Waals surface area contributed by atoms with Gasteiger partial charge in [0.2, 0.25) is 0 Å². The highest BCUT2D eigenvalue weighted by atomic mass is 32.1. The maximum atomic E-state index is 3.79. The molecule has 1 aromatic heterocycles. The second kappa shape index (κ2) is 6.69. The van der Waals surface area contributed by atoms with Crippen molar-refractivity contribution in [2.75, 3.05) is 20.1 Å². The molecular weight excluding hydrogens is 240 g/mol. The molecule has 1 saturated heterocycles. The van der Waals surface area contributed by atoms with E-state index < -0.39 is 0 Å². The summed E-state index contributed by atoms with van der Waals surface area (Å²) in [6.07, 6.45) is 3.85. The van der Waals surface area contributed by atoms with Crippen LogP contribution < -0.4 is 5.32 Å². The Bertz CT molecular complexity index is 328. The van der Waals surface area contributed by atoms with Crippen LogP contribution in [0.3, 0.4) is 0 Å². The van der Waals surface area contributed by atoms with Crippen molar-refractivity contribution in [1.29, 1.82) is 0 Å². The van der Waals surface area contributed by atoms with Crippen molar-refractivity contribution >= 4 is 11.3 Å². The van der Waals surface area contributed by atoms with Gasteiger partial charge < -0.3 is 10.2 Å². The van der Waals surface area contributed by atoms with Crippen LogP contribution in [-0.2, 0) is 6.42 Å². The summed E-state index contributed by atoms with van der Waals surface area (Å²) in [5.74, 6) is 0.854. The van der Waals surface area contributed by atoms with Crippen LogP contribution in [0, 0.1) is 5.92 Å². The van der Waals surface area contributed by atoms with Crippen LogP contribution in [-0.4, -0.2) is 37.1 Å². The first-order valence-corrected chi connectivity index (χ1v) is 8.00. The summed E-state index contributed by atoms with van der Waals surface area (Å²) in [5.41, 5.74) is 0. The van der Waals surface area contributed by atoms with Gasteiger partial charge in [-0.15, -0.1) is 11.3 Å². The number of piperidine rings is 1. The van der Waals surface area contributed by atoms with E-state index in [1.54, 1.807) is 0 Å². The third-order valence-electron chi connectivity index (χ3n) is 4.11. The Morgan fingerprint density at radius 3 is 2.72 bits per heavy atom. The topological polar surface area (TPSA) is 15.3 Å². The van der Waals surface area contributed by atoms with Crippen LogP contribution in [0.1, 0.15) is 31.6 Å². The molecule has 0 spiro atoms. The van der Waals surface area contributed by atoms with E-state index in [-0.39, 0.29) is 0 Å². The fourth-order valence-electron chi connectivity index (χ4n) is 2.90. The molecule has 0 aromatic carbocycles. The monoisotopic (exact) mass is 266 g/mol. The molecule has 0 saturated carbocycles. The van der Waals surface area contributed by atoms with Gasteiger partial charge in [-0.05, 0) is 70.6 Å². The Morgan fingerprint density at radius 1 is 1.39 bits per heavy atom. The first-order valence-electron chi connectivity index (χ1n) is 7.12. The average Bonchev–Trinajstić information content (AvgIpc) is 2.82. The van der Waals surface area contributed by atoms with E-state index in [9.17, 15) is 0 Å². The summed E-state index contributed by atoms with van der Waals surface area (Å²) in [5, 5.41) is 5.96. The zero-order chi connectivity index (χ0) is 13.0. The predicted octanol–water partition coefficient (Wildman–Crippen LogP) is 3.00. The van der Waals surface area contributed by atoms with Crippen molar-refractivity contribution in [3.05, 3.63) is 22.4 Å². The van der Waals surface area contributed by atoms with Gasteiger partial charge in [0.05, 0.1) is 0 Å². The van der Waals surface area contributed by atoms with E-state index in [1.807, 2.05) is 11.3 Å². The van der Waals surface area contributed by atoms with E-state index in [2.05, 4.69) is 48.6 Å². The van der Waals surface area contributed by atoms with Crippen LogP contribution in [0.4, 0.5) is 0 Å². The fourth-order valence-corrected chi connectivity index (χ4v) is 3.74. The molecule has 0 aliphatic carbocycles. The number of nitrogens with zero attached hydrogens (tertiary/aromatic N) is 1. The highest BCUT2D eigenvalue weighted by molar-refractivity contribution is 7.09. The fraction of sp³-hybridized carbons (Fsp3) is 0.733. The predicted molar refractivity (Wildman–Crippen MR) is 80.3 cm³/mol. The van der Waals surface area contributed by atoms with Gasteiger partial charge in [0, 0.05) is 17.0 Å². The molecule has 0 radical (unpaired) electrons. The molecule has 0 amide bonds. The van der Waals surface area contributed by atoms with Crippen molar-refractivity contribution in [1.82, 2.24) is 10.2 Å². The minimum absolute atomic E-state index is 0.582. The van der Waals surface area contributed by atoms with Gasteiger partial charge in [0.25, 0.3) is 0 Å². The lowest BCUT2D eigenvalue weighted by Gasteiger charge is -2.34. The number of hydrogen-bond acceptors (Lipinski definition) is 3. The molecule has 2 nitrogen and oxygen atoms in total. The standard InChI is InChI=1S/C15H26N2S/c1-12(11-15-5-4-10-18-15)16-13(2)14-6-8-17(3)9-7-14/h4-5,10,12-14,16H,6-9,11H2,1-3H3. The molecule has 18 heavy (non-hydrogen) atoms. The zero-order valence-electron chi connectivity index (χ0n) is 11.9. The highest BCUT2D eigenvalue weighted by Crippen LogP contribution is 2.20. The van der Waals surface area contributed by atoms with E-state index in [4.69, 9.17) is 0 Å². The summed E-state index contributed by atoms with van der Waals surface area (Å²) in [6.45, 7) is 7.19. The van der Waals surface area contributed by atoms with Crippen molar-refractivity contribution < 1.29 is 0 Å². The van der Waals surface area contributed by atoms with Crippen LogP contribution >= 0.6 is 11.3 Å². The molecule has 2 heterocycles. The average molecular weight is 266 g/mol. The Kier molecular flexibility index (Phi) is 5.22. The molecule has 1 aliphatic rings. The number of likely N-dealkylation sites (tertiary alicyclic amines) is 1. The normalized spacial score (nSPS) is 21.9. The lowest BCUT2D eigenvalue weighted by atomic mass is 9.90. The molecule has 2 atom stereocenters. The Hall–Kier alpha value is -0.380. The summed E-state index contributed by atoms with van der Waals surface area (Å²) in [7, 11) is 2.23. The number of rotatable bonds is 5. The highest BCUT2D eigenvalue weighted by Gasteiger charge is 2.23. The summed E-state index contributed by atoms with van der Waals surface area (Å²) >= 11 is 1.87. The van der Waals surface area contributed by atoms with Gasteiger partial charge in [-0.1, -0.05) is 6.07 Å². The summed E-state index contributed by atoms with van der Waals surface area (Å²) < 4.78 is 0. The smallest absolute Gasteiger partial charge is 0.00896 e. The van der Waals surface area contributed by atoms with Gasteiger partial charge in [-0.2, -0.15) is 0 Å². The SMILES string of the molecule is CC(Cc1cccs1)NC(C)C1CCN(C)CC1. The van der Waals surface area contributed by atoms with E-state index in [0.29, 0.717) is 12.1 Å². The Morgan fingerprint density at radius 2 is 2.11 bits per heavy atom. The zero-order valence-corrected chi connectivity index (χ0v) is 12.7. The van der Waals surface area contributed by atoms with Gasteiger partial charge in [0.1, 0.15) is 0 Å². The van der Waals surface area contributed by atoms with Crippen LogP contribution in [0.2, 0.25) is 0 Å². The molecule has 3 heteroatoms. The van der Waals surface area contributed by atoms with Crippen LogP contribution in [0.5, 0.6) is 0 Å². The lowest BCUT2D eigenvalue weighted by Crippen LogP contribution is -2.44. The minimum Gasteiger partial charge on any atom is -0.311 e. The van der Waals surface area contributed by atoms with Crippen molar-refractivity contribution in [3.8, 4) is 0 Å². The van der Waals surface area contributed by atoms with Crippen molar-refractivity contribution in [2.24, 2.45) is 5.92 Å². The molecule has 1 fully saturated rings. The maximum absolute atomic E-state index is 3.79. The van der Waals surface area contributed by atoms with Gasteiger partial charge >= 0.3 is 0 Å². The Balaban J connectivity index is 1.74. The van der Waals surface area contributed by atoms with Gasteiger partial charge in [-0.25, -0.2) is 0 Å². The summed E-state index contributed by atoms with van der Waals surface area (Å²) in [6, 6.07) is 5.61. The minimum atomic E-state index is 0.582. The first kappa shape index (κ1) is 14.0. The molecule has 2 unspecified atom stereocenters. The third-order valence-corrected chi connectivity index (χ3v) is 5.00. The first-order chi connectivity index (χ1) is 8.65. The van der Waals surface area contributed by atoms with Crippen molar-refractivity contribution in [3.63, 3.8) is 0 Å². The molecule has 1 aliphatic heterocycles. The molecular formula is C15H26N2S. The molecule has 2 rings (SSSR count). The largest absolute Gasteiger partial charge is 0.311 e. The molecule has 102 valence electrons. The second-order valence-electron chi connectivity index (χ2n) is 5.78. The number of thiophene rings is 1. The number of nitrogens with one attached hydrogen (secondary N) is 1. The maximum Gasteiger partial charge on any atom is 0.00896 e. The molecule has 1 aromatic rings. The quantitative estimate of drug-likeness (QED) is 0.881. The lowest BCUT2D eigenvalue weighted by molar-refractivity contribution is 0.185. The third kappa shape index (κ3) is 4.08. The summed E-state index contributed by atoms with van der Waals surface area (Å²) in [4.78, 5) is 3.93. The van der Waals surface area contributed by atoms with Gasteiger partial charge in [0.15, 0.2) is 0 Å². The van der Waals surface area contributed by atoms with E-state index >= 15 is 0 Å². The van der Waals surface area contributed by atoms with E-state index in [0.717, 1.165) is 12.3 Å². The number of hydrogen-bond donors (Lipinski definition) is 1. The molecule has 1 N–H and O–H groups in total. The van der Waals surface area contributed by atoms with E-state index in [1.165, 1.54) is 30.8 Å². The Labute approximate surface area is 115 Å². The van der Waals surface area contributed by atoms with Crippen LogP contribution in [0.25, 0.3) is 0 Å².